The number of hydrogen-bond donors (Lipinski definition) is 2. The molecule has 184 valence electrons. The Morgan fingerprint density at radius 1 is 1.17 bits per heavy atom. The SMILES string of the molecule is CC1=CC(OCc2ncc(F)cc2F)=C(Cl)[C@@H](O)N1c1cc(-c2csc(C(C)(C)O)n2)ncc1Cl. The largest absolute Gasteiger partial charge is 0.486 e. The normalized spacial score (nSPS) is 16.5. The predicted molar refractivity (Wildman–Crippen MR) is 130 cm³/mol. The van der Waals surface area contributed by atoms with E-state index < -0.39 is 23.5 Å². The molecule has 3 aromatic heterocycles. The summed E-state index contributed by atoms with van der Waals surface area (Å²) in [7, 11) is 0. The highest BCUT2D eigenvalue weighted by molar-refractivity contribution is 7.10. The summed E-state index contributed by atoms with van der Waals surface area (Å²) in [6.07, 6.45) is 2.51. The van der Waals surface area contributed by atoms with Crippen LogP contribution in [0.4, 0.5) is 14.5 Å². The zero-order valence-electron chi connectivity index (χ0n) is 18.8. The number of hydrogen-bond acceptors (Lipinski definition) is 8. The first kappa shape index (κ1) is 25.5. The topological polar surface area (TPSA) is 91.6 Å². The minimum absolute atomic E-state index is 0.0643. The summed E-state index contributed by atoms with van der Waals surface area (Å²) in [5, 5.41) is 23.7. The monoisotopic (exact) mass is 540 g/mol. The zero-order valence-corrected chi connectivity index (χ0v) is 21.1. The quantitative estimate of drug-likeness (QED) is 0.428. The second kappa shape index (κ2) is 9.79. The maximum absolute atomic E-state index is 13.9. The highest BCUT2D eigenvalue weighted by atomic mass is 35.5. The maximum Gasteiger partial charge on any atom is 0.171 e. The van der Waals surface area contributed by atoms with E-state index in [-0.39, 0.29) is 28.1 Å². The lowest BCUT2D eigenvalue weighted by atomic mass is 10.1. The molecule has 4 rings (SSSR count). The second-order valence-corrected chi connectivity index (χ2v) is 9.90. The van der Waals surface area contributed by atoms with Gasteiger partial charge in [0.2, 0.25) is 0 Å². The molecule has 0 radical (unpaired) electrons. The summed E-state index contributed by atoms with van der Waals surface area (Å²) in [6, 6.07) is 2.36. The van der Waals surface area contributed by atoms with Gasteiger partial charge in [-0.3, -0.25) is 9.97 Å². The molecular formula is C23H20Cl2F2N4O3S. The second-order valence-electron chi connectivity index (χ2n) is 8.23. The lowest BCUT2D eigenvalue weighted by Crippen LogP contribution is -2.37. The molecule has 0 amide bonds. The van der Waals surface area contributed by atoms with Crippen molar-refractivity contribution in [3.8, 4) is 11.4 Å². The van der Waals surface area contributed by atoms with Crippen LogP contribution in [-0.4, -0.2) is 31.4 Å². The van der Waals surface area contributed by atoms with Gasteiger partial charge in [0.15, 0.2) is 12.0 Å². The van der Waals surface area contributed by atoms with Gasteiger partial charge >= 0.3 is 0 Å². The molecule has 0 unspecified atom stereocenters. The zero-order chi connectivity index (χ0) is 25.5. The number of aromatic nitrogens is 3. The fourth-order valence-electron chi connectivity index (χ4n) is 3.31. The Hall–Kier alpha value is -2.63. The van der Waals surface area contributed by atoms with E-state index in [0.29, 0.717) is 33.8 Å². The van der Waals surface area contributed by atoms with Crippen molar-refractivity contribution in [2.75, 3.05) is 4.90 Å². The van der Waals surface area contributed by atoms with E-state index in [1.165, 1.54) is 22.4 Å². The molecule has 7 nitrogen and oxygen atoms in total. The Labute approximate surface area is 214 Å². The van der Waals surface area contributed by atoms with Crippen molar-refractivity contribution in [1.29, 1.82) is 0 Å². The number of anilines is 1. The molecular weight excluding hydrogens is 521 g/mol. The molecule has 4 heterocycles. The molecule has 1 aliphatic rings. The van der Waals surface area contributed by atoms with Crippen LogP contribution < -0.4 is 4.90 Å². The molecule has 0 aliphatic carbocycles. The highest BCUT2D eigenvalue weighted by Crippen LogP contribution is 2.39. The first-order valence-corrected chi connectivity index (χ1v) is 11.9. The molecule has 3 aromatic rings. The molecule has 0 aromatic carbocycles. The van der Waals surface area contributed by atoms with Crippen LogP contribution in [0.2, 0.25) is 5.02 Å². The van der Waals surface area contributed by atoms with E-state index in [0.717, 1.165) is 6.20 Å². The van der Waals surface area contributed by atoms with Crippen LogP contribution in [0.3, 0.4) is 0 Å². The Bertz CT molecular complexity index is 1340. The van der Waals surface area contributed by atoms with Gasteiger partial charge in [-0.15, -0.1) is 11.3 Å². The molecule has 0 saturated carbocycles. The molecule has 0 spiro atoms. The van der Waals surface area contributed by atoms with Crippen molar-refractivity contribution in [3.05, 3.63) is 79.8 Å². The number of nitrogens with zero attached hydrogens (tertiary/aromatic N) is 4. The fourth-order valence-corrected chi connectivity index (χ4v) is 4.55. The number of aliphatic hydroxyl groups excluding tert-OH is 1. The van der Waals surface area contributed by atoms with Crippen LogP contribution >= 0.6 is 34.5 Å². The van der Waals surface area contributed by atoms with Crippen molar-refractivity contribution >= 4 is 40.2 Å². The van der Waals surface area contributed by atoms with Gasteiger partial charge < -0.3 is 19.8 Å². The predicted octanol–water partition coefficient (Wildman–Crippen LogP) is 5.47. The summed E-state index contributed by atoms with van der Waals surface area (Å²) in [5.41, 5.74) is 0.760. The van der Waals surface area contributed by atoms with Crippen LogP contribution in [-0.2, 0) is 16.9 Å². The number of pyridine rings is 2. The smallest absolute Gasteiger partial charge is 0.171 e. The summed E-state index contributed by atoms with van der Waals surface area (Å²) in [6.45, 7) is 4.67. The Morgan fingerprint density at radius 3 is 2.57 bits per heavy atom. The van der Waals surface area contributed by atoms with E-state index in [4.69, 9.17) is 27.9 Å². The van der Waals surface area contributed by atoms with Crippen LogP contribution in [0.25, 0.3) is 11.4 Å². The summed E-state index contributed by atoms with van der Waals surface area (Å²) >= 11 is 14.1. The molecule has 1 atom stereocenters. The third kappa shape index (κ3) is 5.31. The van der Waals surface area contributed by atoms with E-state index in [1.54, 1.807) is 38.3 Å². The fraction of sp³-hybridized carbons (Fsp3) is 0.261. The van der Waals surface area contributed by atoms with Gasteiger partial charge in [-0.25, -0.2) is 13.8 Å². The molecule has 35 heavy (non-hydrogen) atoms. The lowest BCUT2D eigenvalue weighted by Gasteiger charge is -2.34. The molecule has 0 fully saturated rings. The van der Waals surface area contributed by atoms with Gasteiger partial charge in [0.25, 0.3) is 0 Å². The van der Waals surface area contributed by atoms with Crippen LogP contribution in [0.1, 0.15) is 31.5 Å². The van der Waals surface area contributed by atoms with Crippen molar-refractivity contribution in [3.63, 3.8) is 0 Å². The molecule has 2 N–H and O–H groups in total. The average molecular weight is 541 g/mol. The van der Waals surface area contributed by atoms with Gasteiger partial charge in [-0.1, -0.05) is 23.2 Å². The molecule has 0 saturated heterocycles. The Kier molecular flexibility index (Phi) is 7.12. The molecule has 0 bridgehead atoms. The third-order valence-corrected chi connectivity index (χ3v) is 6.89. The number of halogens is 4. The van der Waals surface area contributed by atoms with Gasteiger partial charge in [0.1, 0.15) is 45.2 Å². The highest BCUT2D eigenvalue weighted by Gasteiger charge is 2.31. The van der Waals surface area contributed by atoms with Crippen molar-refractivity contribution in [2.24, 2.45) is 0 Å². The van der Waals surface area contributed by atoms with Crippen LogP contribution in [0.15, 0.2) is 52.5 Å². The van der Waals surface area contributed by atoms with Gasteiger partial charge in [-0.2, -0.15) is 0 Å². The van der Waals surface area contributed by atoms with Gasteiger partial charge in [0.05, 0.1) is 22.6 Å². The van der Waals surface area contributed by atoms with Crippen molar-refractivity contribution in [2.45, 2.75) is 39.2 Å². The summed E-state index contributed by atoms with van der Waals surface area (Å²) in [4.78, 5) is 13.9. The maximum atomic E-state index is 13.9. The van der Waals surface area contributed by atoms with E-state index in [2.05, 4.69) is 15.0 Å². The first-order valence-electron chi connectivity index (χ1n) is 10.3. The van der Waals surface area contributed by atoms with Crippen LogP contribution in [0.5, 0.6) is 0 Å². The number of allylic oxidation sites excluding steroid dienone is 2. The van der Waals surface area contributed by atoms with Crippen LogP contribution in [0, 0.1) is 11.6 Å². The summed E-state index contributed by atoms with van der Waals surface area (Å²) in [5.74, 6) is -1.55. The minimum Gasteiger partial charge on any atom is -0.486 e. The minimum atomic E-state index is -1.36. The first-order chi connectivity index (χ1) is 16.5. The van der Waals surface area contributed by atoms with Crippen molar-refractivity contribution in [1.82, 2.24) is 15.0 Å². The molecule has 12 heteroatoms. The van der Waals surface area contributed by atoms with E-state index in [9.17, 15) is 19.0 Å². The van der Waals surface area contributed by atoms with E-state index in [1.807, 2.05) is 0 Å². The van der Waals surface area contributed by atoms with Gasteiger partial charge in [-0.05, 0) is 26.8 Å². The number of rotatable bonds is 6. The Balaban J connectivity index is 1.61. The third-order valence-electron chi connectivity index (χ3n) is 5.06. The standard InChI is InChI=1S/C23H20Cl2F2N4O3S/c1-11-4-19(34-9-16-14(27)5-12(26)7-28-16)20(25)21(32)31(11)18-6-15(29-8-13(18)24)17-10-35-22(30-17)23(2,3)33/h4-8,10,21,32-33H,9H2,1-3H3/t21-/m1/s1. The Morgan fingerprint density at radius 2 is 1.91 bits per heavy atom. The number of ether oxygens (including phenoxy) is 1. The average Bonchev–Trinajstić information content (AvgIpc) is 3.28. The van der Waals surface area contributed by atoms with Crippen molar-refractivity contribution < 1.29 is 23.7 Å². The number of thiazole rings is 1. The lowest BCUT2D eigenvalue weighted by molar-refractivity contribution is 0.0783. The molecule has 1 aliphatic heterocycles. The summed E-state index contributed by atoms with van der Waals surface area (Å²) < 4.78 is 32.5. The number of aliphatic hydroxyl groups is 2. The van der Waals surface area contributed by atoms with E-state index >= 15 is 0 Å². The van der Waals surface area contributed by atoms with Gasteiger partial charge in [0, 0.05) is 29.4 Å².